The summed E-state index contributed by atoms with van der Waals surface area (Å²) < 4.78 is 5.09. The van der Waals surface area contributed by atoms with E-state index in [4.69, 9.17) is 4.74 Å². The zero-order valence-electron chi connectivity index (χ0n) is 17.3. The highest BCUT2D eigenvalue weighted by Crippen LogP contribution is 2.12. The smallest absolute Gasteiger partial charge is 0.309 e. The Kier molecular flexibility index (Phi) is 7.99. The first-order valence-corrected chi connectivity index (χ1v) is 9.94. The SMILES string of the molecule is CCOC(=O)C1CC[NH+]([C@H](C)C(=O)N(C)CC(=O)Nc2ccc(C)cc2)CC1. The lowest BCUT2D eigenvalue weighted by Crippen LogP contribution is -3.17. The molecule has 1 aromatic rings. The molecule has 1 aliphatic heterocycles. The number of hydrogen-bond acceptors (Lipinski definition) is 4. The zero-order valence-corrected chi connectivity index (χ0v) is 17.3. The Labute approximate surface area is 167 Å². The minimum atomic E-state index is -0.250. The number of anilines is 1. The van der Waals surface area contributed by atoms with E-state index in [1.54, 1.807) is 7.05 Å². The van der Waals surface area contributed by atoms with Crippen LogP contribution in [0.5, 0.6) is 0 Å². The summed E-state index contributed by atoms with van der Waals surface area (Å²) in [6.45, 7) is 7.59. The van der Waals surface area contributed by atoms with Crippen LogP contribution in [0.4, 0.5) is 5.69 Å². The van der Waals surface area contributed by atoms with Gasteiger partial charge in [0.2, 0.25) is 5.91 Å². The highest BCUT2D eigenvalue weighted by molar-refractivity contribution is 5.94. The van der Waals surface area contributed by atoms with Gasteiger partial charge in [-0.25, -0.2) is 0 Å². The van der Waals surface area contributed by atoms with Crippen molar-refractivity contribution < 1.29 is 24.0 Å². The summed E-state index contributed by atoms with van der Waals surface area (Å²) in [4.78, 5) is 39.4. The zero-order chi connectivity index (χ0) is 20.7. The molecule has 1 heterocycles. The van der Waals surface area contributed by atoms with Crippen molar-refractivity contribution in [2.75, 3.05) is 38.6 Å². The highest BCUT2D eigenvalue weighted by atomic mass is 16.5. The van der Waals surface area contributed by atoms with Crippen LogP contribution in [-0.4, -0.2) is 62.0 Å². The molecule has 7 nitrogen and oxygen atoms in total. The molecule has 2 rings (SSSR count). The number of ether oxygens (including phenoxy) is 1. The second-order valence-electron chi connectivity index (χ2n) is 7.51. The number of nitrogens with one attached hydrogen (secondary N) is 2. The summed E-state index contributed by atoms with van der Waals surface area (Å²) in [6.07, 6.45) is 1.45. The number of aryl methyl sites for hydroxylation is 1. The summed E-state index contributed by atoms with van der Waals surface area (Å²) in [6, 6.07) is 7.29. The Balaban J connectivity index is 1.81. The molecule has 28 heavy (non-hydrogen) atoms. The first-order valence-electron chi connectivity index (χ1n) is 9.94. The van der Waals surface area contributed by atoms with Gasteiger partial charge in [0.1, 0.15) is 0 Å². The van der Waals surface area contributed by atoms with Gasteiger partial charge in [0.05, 0.1) is 32.2 Å². The van der Waals surface area contributed by atoms with Crippen LogP contribution in [-0.2, 0) is 19.1 Å². The summed E-state index contributed by atoms with van der Waals surface area (Å²) in [5.41, 5.74) is 1.84. The van der Waals surface area contributed by atoms with Crippen LogP contribution < -0.4 is 10.2 Å². The fourth-order valence-electron chi connectivity index (χ4n) is 3.55. The fourth-order valence-corrected chi connectivity index (χ4v) is 3.55. The molecule has 0 bridgehead atoms. The minimum absolute atomic E-state index is 0.00970. The van der Waals surface area contributed by atoms with E-state index in [-0.39, 0.29) is 36.3 Å². The molecule has 0 spiro atoms. The average Bonchev–Trinajstić information content (AvgIpc) is 2.68. The molecule has 0 radical (unpaired) electrons. The van der Waals surface area contributed by atoms with Crippen LogP contribution in [0.1, 0.15) is 32.3 Å². The predicted octanol–water partition coefficient (Wildman–Crippen LogP) is 0.638. The second kappa shape index (κ2) is 10.2. The van der Waals surface area contributed by atoms with Gasteiger partial charge >= 0.3 is 5.97 Å². The van der Waals surface area contributed by atoms with E-state index in [9.17, 15) is 14.4 Å². The van der Waals surface area contributed by atoms with Crippen LogP contribution in [0.25, 0.3) is 0 Å². The number of quaternary nitrogens is 1. The molecule has 1 aliphatic rings. The first kappa shape index (κ1) is 21.9. The quantitative estimate of drug-likeness (QED) is 0.670. The number of likely N-dealkylation sites (N-methyl/N-ethyl adjacent to an activating group) is 1. The van der Waals surface area contributed by atoms with E-state index in [0.717, 1.165) is 42.1 Å². The van der Waals surface area contributed by atoms with Gasteiger partial charge in [-0.1, -0.05) is 17.7 Å². The third-order valence-corrected chi connectivity index (χ3v) is 5.32. The lowest BCUT2D eigenvalue weighted by Gasteiger charge is -2.33. The lowest BCUT2D eigenvalue weighted by atomic mass is 9.96. The molecule has 0 aliphatic carbocycles. The average molecular weight is 391 g/mol. The van der Waals surface area contributed by atoms with E-state index in [0.29, 0.717) is 6.61 Å². The van der Waals surface area contributed by atoms with Crippen molar-refractivity contribution in [3.05, 3.63) is 29.8 Å². The molecular weight excluding hydrogens is 358 g/mol. The third-order valence-electron chi connectivity index (χ3n) is 5.32. The third kappa shape index (κ3) is 6.05. The molecule has 7 heteroatoms. The van der Waals surface area contributed by atoms with E-state index in [1.807, 2.05) is 45.0 Å². The summed E-state index contributed by atoms with van der Waals surface area (Å²) in [5.74, 6) is -0.485. The fraction of sp³-hybridized carbons (Fsp3) is 0.571. The molecule has 0 aromatic heterocycles. The Morgan fingerprint density at radius 3 is 2.39 bits per heavy atom. The lowest BCUT2D eigenvalue weighted by molar-refractivity contribution is -0.920. The Hall–Kier alpha value is -2.41. The number of rotatable bonds is 7. The topological polar surface area (TPSA) is 80.2 Å². The number of benzene rings is 1. The maximum absolute atomic E-state index is 12.7. The van der Waals surface area contributed by atoms with E-state index >= 15 is 0 Å². The molecule has 1 atom stereocenters. The molecule has 1 saturated heterocycles. The van der Waals surface area contributed by atoms with Crippen LogP contribution in [0.15, 0.2) is 24.3 Å². The van der Waals surface area contributed by atoms with Crippen LogP contribution >= 0.6 is 0 Å². The standard InChI is InChI=1S/C21H31N3O4/c1-5-28-21(27)17-10-12-24(13-11-17)16(3)20(26)23(4)14-19(25)22-18-8-6-15(2)7-9-18/h6-9,16-17H,5,10-14H2,1-4H3,(H,22,25)/p+1/t16-/m1/s1. The van der Waals surface area contributed by atoms with Gasteiger partial charge < -0.3 is 19.9 Å². The van der Waals surface area contributed by atoms with Crippen molar-refractivity contribution in [2.24, 2.45) is 5.92 Å². The number of hydrogen-bond donors (Lipinski definition) is 2. The van der Waals surface area contributed by atoms with Gasteiger partial charge in [-0.2, -0.15) is 0 Å². The van der Waals surface area contributed by atoms with E-state index in [2.05, 4.69) is 5.32 Å². The minimum Gasteiger partial charge on any atom is -0.466 e. The number of carbonyl (C=O) groups is 3. The molecule has 154 valence electrons. The van der Waals surface area contributed by atoms with Gasteiger partial charge in [-0.05, 0) is 32.9 Å². The molecule has 2 N–H and O–H groups in total. The van der Waals surface area contributed by atoms with Crippen molar-refractivity contribution in [1.82, 2.24) is 4.90 Å². The van der Waals surface area contributed by atoms with E-state index < -0.39 is 0 Å². The summed E-state index contributed by atoms with van der Waals surface area (Å²) in [5, 5.41) is 2.81. The van der Waals surface area contributed by atoms with Crippen molar-refractivity contribution in [3.8, 4) is 0 Å². The van der Waals surface area contributed by atoms with Crippen molar-refractivity contribution in [1.29, 1.82) is 0 Å². The maximum atomic E-state index is 12.7. The Morgan fingerprint density at radius 1 is 1.21 bits per heavy atom. The van der Waals surface area contributed by atoms with Gasteiger partial charge in [-0.15, -0.1) is 0 Å². The number of carbonyl (C=O) groups excluding carboxylic acids is 3. The molecular formula is C21H32N3O4+. The second-order valence-corrected chi connectivity index (χ2v) is 7.51. The number of likely N-dealkylation sites (tertiary alicyclic amines) is 1. The van der Waals surface area contributed by atoms with Gasteiger partial charge in [0.25, 0.3) is 5.91 Å². The molecule has 1 aromatic carbocycles. The van der Waals surface area contributed by atoms with Crippen LogP contribution in [0.2, 0.25) is 0 Å². The van der Waals surface area contributed by atoms with Crippen LogP contribution in [0.3, 0.4) is 0 Å². The monoisotopic (exact) mass is 390 g/mol. The maximum Gasteiger partial charge on any atom is 0.309 e. The molecule has 0 unspecified atom stereocenters. The van der Waals surface area contributed by atoms with Crippen molar-refractivity contribution in [2.45, 2.75) is 39.7 Å². The molecule has 0 saturated carbocycles. The van der Waals surface area contributed by atoms with Crippen molar-refractivity contribution in [3.63, 3.8) is 0 Å². The Morgan fingerprint density at radius 2 is 1.82 bits per heavy atom. The summed E-state index contributed by atoms with van der Waals surface area (Å²) >= 11 is 0. The summed E-state index contributed by atoms with van der Waals surface area (Å²) in [7, 11) is 1.65. The predicted molar refractivity (Wildman–Crippen MR) is 107 cm³/mol. The van der Waals surface area contributed by atoms with Gasteiger partial charge in [0.15, 0.2) is 6.04 Å². The number of piperidine rings is 1. The number of esters is 1. The molecule has 2 amide bonds. The molecule has 1 fully saturated rings. The number of amides is 2. The normalized spacial score (nSPS) is 20.1. The highest BCUT2D eigenvalue weighted by Gasteiger charge is 2.34. The first-order chi connectivity index (χ1) is 13.3. The Bertz CT molecular complexity index is 681. The number of nitrogens with zero attached hydrogens (tertiary/aromatic N) is 1. The van der Waals surface area contributed by atoms with Crippen molar-refractivity contribution >= 4 is 23.5 Å². The largest absolute Gasteiger partial charge is 0.466 e. The van der Waals surface area contributed by atoms with Crippen LogP contribution in [0, 0.1) is 12.8 Å². The van der Waals surface area contributed by atoms with E-state index in [1.165, 1.54) is 4.90 Å². The van der Waals surface area contributed by atoms with Gasteiger partial charge in [-0.3, -0.25) is 14.4 Å². The van der Waals surface area contributed by atoms with Gasteiger partial charge in [0, 0.05) is 25.6 Å².